The van der Waals surface area contributed by atoms with Crippen LogP contribution in [0, 0.1) is 12.8 Å². The number of aryl methyl sites for hydroxylation is 1. The van der Waals surface area contributed by atoms with Crippen molar-refractivity contribution in [1.82, 2.24) is 4.90 Å². The third-order valence-corrected chi connectivity index (χ3v) is 6.92. The fourth-order valence-electron chi connectivity index (χ4n) is 3.97. The average Bonchev–Trinajstić information content (AvgIpc) is 2.78. The van der Waals surface area contributed by atoms with Crippen molar-refractivity contribution in [2.75, 3.05) is 19.7 Å². The first-order valence-electron chi connectivity index (χ1n) is 10.6. The number of nitrogens with two attached hydrogens (primary N) is 1. The van der Waals surface area contributed by atoms with Crippen LogP contribution in [0.1, 0.15) is 18.4 Å². The standard InChI is InChI=1S/C24H27N3O4S/c1-18-13-21(30-16-19-9-11-27(12-10-19)17-26-25)15-22(14-18)31-32(28,29)24-8-4-6-20-5-2-3-7-23(20)24/h2-8,13-15,17,19H,9-12,16,25H2,1H3. The molecule has 7 nitrogen and oxygen atoms in total. The van der Waals surface area contributed by atoms with E-state index in [0.29, 0.717) is 23.7 Å². The fraction of sp³-hybridized carbons (Fsp3) is 0.292. The van der Waals surface area contributed by atoms with Crippen LogP contribution < -0.4 is 14.8 Å². The Hall–Kier alpha value is -3.26. The lowest BCUT2D eigenvalue weighted by Crippen LogP contribution is -2.34. The second-order valence-corrected chi connectivity index (χ2v) is 9.57. The number of hydrogen-bond donors (Lipinski definition) is 1. The molecular weight excluding hydrogens is 426 g/mol. The maximum absolute atomic E-state index is 13.0. The lowest BCUT2D eigenvalue weighted by Gasteiger charge is -2.30. The molecule has 2 N–H and O–H groups in total. The average molecular weight is 454 g/mol. The van der Waals surface area contributed by atoms with Gasteiger partial charge in [-0.3, -0.25) is 0 Å². The van der Waals surface area contributed by atoms with E-state index < -0.39 is 10.1 Å². The highest BCUT2D eigenvalue weighted by atomic mass is 32.2. The van der Waals surface area contributed by atoms with Gasteiger partial charge in [0.1, 0.15) is 22.7 Å². The zero-order valence-corrected chi connectivity index (χ0v) is 18.8. The van der Waals surface area contributed by atoms with E-state index in [-0.39, 0.29) is 10.6 Å². The highest BCUT2D eigenvalue weighted by Crippen LogP contribution is 2.29. The second kappa shape index (κ2) is 9.48. The lowest BCUT2D eigenvalue weighted by atomic mass is 9.98. The smallest absolute Gasteiger partial charge is 0.339 e. The Morgan fingerprint density at radius 3 is 2.56 bits per heavy atom. The van der Waals surface area contributed by atoms with Gasteiger partial charge in [-0.1, -0.05) is 36.4 Å². The van der Waals surface area contributed by atoms with Crippen molar-refractivity contribution in [2.24, 2.45) is 16.9 Å². The maximum Gasteiger partial charge on any atom is 0.339 e. The first kappa shape index (κ1) is 22.0. The molecule has 3 aromatic carbocycles. The maximum atomic E-state index is 13.0. The summed E-state index contributed by atoms with van der Waals surface area (Å²) in [4.78, 5) is 2.24. The van der Waals surface area contributed by atoms with Gasteiger partial charge in [-0.25, -0.2) is 0 Å². The van der Waals surface area contributed by atoms with Crippen molar-refractivity contribution in [3.63, 3.8) is 0 Å². The largest absolute Gasteiger partial charge is 0.493 e. The molecule has 0 spiro atoms. The summed E-state index contributed by atoms with van der Waals surface area (Å²) in [7, 11) is -4.00. The van der Waals surface area contributed by atoms with Crippen molar-refractivity contribution in [3.8, 4) is 11.5 Å². The van der Waals surface area contributed by atoms with Crippen LogP contribution in [0.5, 0.6) is 11.5 Å². The molecule has 1 aliphatic heterocycles. The molecule has 1 fully saturated rings. The molecule has 0 radical (unpaired) electrons. The minimum absolute atomic E-state index is 0.146. The number of ether oxygens (including phenoxy) is 1. The van der Waals surface area contributed by atoms with Gasteiger partial charge in [0.2, 0.25) is 0 Å². The van der Waals surface area contributed by atoms with Crippen LogP contribution in [-0.4, -0.2) is 39.4 Å². The van der Waals surface area contributed by atoms with E-state index in [2.05, 4.69) is 10.0 Å². The number of fused-ring (bicyclic) bond motifs is 1. The summed E-state index contributed by atoms with van der Waals surface area (Å²) in [6.07, 6.45) is 3.63. The molecule has 0 bridgehead atoms. The SMILES string of the molecule is Cc1cc(OCC2CCN(C=NN)CC2)cc(OS(=O)(=O)c2cccc3ccccc23)c1. The second-order valence-electron chi connectivity index (χ2n) is 8.05. The van der Waals surface area contributed by atoms with Crippen LogP contribution in [-0.2, 0) is 10.1 Å². The number of nitrogens with zero attached hydrogens (tertiary/aromatic N) is 2. The quantitative estimate of drug-likeness (QED) is 0.192. The van der Waals surface area contributed by atoms with Gasteiger partial charge < -0.3 is 19.7 Å². The summed E-state index contributed by atoms with van der Waals surface area (Å²) in [6, 6.07) is 17.7. The molecule has 3 aromatic rings. The van der Waals surface area contributed by atoms with Crippen molar-refractivity contribution in [3.05, 3.63) is 66.2 Å². The molecule has 8 heteroatoms. The van der Waals surface area contributed by atoms with Gasteiger partial charge >= 0.3 is 10.1 Å². The third kappa shape index (κ3) is 5.13. The lowest BCUT2D eigenvalue weighted by molar-refractivity contribution is 0.183. The first-order chi connectivity index (χ1) is 15.4. The Morgan fingerprint density at radius 2 is 1.78 bits per heavy atom. The summed E-state index contributed by atoms with van der Waals surface area (Å²) >= 11 is 0. The van der Waals surface area contributed by atoms with Crippen molar-refractivity contribution in [1.29, 1.82) is 0 Å². The topological polar surface area (TPSA) is 94.2 Å². The predicted octanol–water partition coefficient (Wildman–Crippen LogP) is 3.91. The molecule has 0 atom stereocenters. The Bertz CT molecular complexity index is 1210. The van der Waals surface area contributed by atoms with E-state index in [1.165, 1.54) is 0 Å². The Balaban J connectivity index is 1.47. The monoisotopic (exact) mass is 453 g/mol. The molecule has 4 rings (SSSR count). The zero-order chi connectivity index (χ0) is 22.6. The van der Waals surface area contributed by atoms with Gasteiger partial charge in [-0.15, -0.1) is 0 Å². The Morgan fingerprint density at radius 1 is 1.06 bits per heavy atom. The van der Waals surface area contributed by atoms with Crippen LogP contribution in [0.2, 0.25) is 0 Å². The number of likely N-dealkylation sites (tertiary alicyclic amines) is 1. The molecule has 32 heavy (non-hydrogen) atoms. The molecule has 1 aliphatic rings. The first-order valence-corrected chi connectivity index (χ1v) is 12.0. The molecule has 0 saturated carbocycles. The van der Waals surface area contributed by atoms with E-state index in [9.17, 15) is 8.42 Å². The Kier molecular flexibility index (Phi) is 6.50. The third-order valence-electron chi connectivity index (χ3n) is 5.61. The van der Waals surface area contributed by atoms with E-state index in [0.717, 1.165) is 36.9 Å². The van der Waals surface area contributed by atoms with E-state index in [4.69, 9.17) is 14.8 Å². The van der Waals surface area contributed by atoms with Crippen LogP contribution in [0.4, 0.5) is 0 Å². The molecule has 168 valence electrons. The van der Waals surface area contributed by atoms with Gasteiger partial charge in [-0.2, -0.15) is 13.5 Å². The molecule has 0 aromatic heterocycles. The number of hydrazone groups is 1. The summed E-state index contributed by atoms with van der Waals surface area (Å²) in [6.45, 7) is 4.22. The summed E-state index contributed by atoms with van der Waals surface area (Å²) in [5.74, 6) is 6.47. The highest BCUT2D eigenvalue weighted by molar-refractivity contribution is 7.87. The highest BCUT2D eigenvalue weighted by Gasteiger charge is 2.21. The van der Waals surface area contributed by atoms with Crippen molar-refractivity contribution < 1.29 is 17.3 Å². The fourth-order valence-corrected chi connectivity index (χ4v) is 5.11. The number of benzene rings is 3. The summed E-state index contributed by atoms with van der Waals surface area (Å²) in [5, 5.41) is 5.04. The molecule has 0 amide bonds. The molecule has 1 saturated heterocycles. The van der Waals surface area contributed by atoms with E-state index >= 15 is 0 Å². The number of piperidine rings is 1. The van der Waals surface area contributed by atoms with E-state index in [1.54, 1.807) is 36.7 Å². The normalized spacial score (nSPS) is 15.3. The van der Waals surface area contributed by atoms with Crippen LogP contribution in [0.25, 0.3) is 10.8 Å². The van der Waals surface area contributed by atoms with Crippen molar-refractivity contribution in [2.45, 2.75) is 24.7 Å². The van der Waals surface area contributed by atoms with Gasteiger partial charge in [0.05, 0.1) is 6.61 Å². The van der Waals surface area contributed by atoms with E-state index in [1.807, 2.05) is 37.3 Å². The van der Waals surface area contributed by atoms with Gasteiger partial charge in [0.25, 0.3) is 0 Å². The van der Waals surface area contributed by atoms with Crippen LogP contribution >= 0.6 is 0 Å². The molecular formula is C24H27N3O4S. The minimum Gasteiger partial charge on any atom is -0.493 e. The number of hydrogen-bond acceptors (Lipinski definition) is 6. The van der Waals surface area contributed by atoms with Gasteiger partial charge in [0.15, 0.2) is 0 Å². The summed E-state index contributed by atoms with van der Waals surface area (Å²) in [5.41, 5.74) is 0.861. The zero-order valence-electron chi connectivity index (χ0n) is 18.0. The van der Waals surface area contributed by atoms with Gasteiger partial charge in [-0.05, 0) is 54.8 Å². The van der Waals surface area contributed by atoms with Crippen LogP contribution in [0.3, 0.4) is 0 Å². The summed E-state index contributed by atoms with van der Waals surface area (Å²) < 4.78 is 37.6. The Labute approximate surface area is 188 Å². The van der Waals surface area contributed by atoms with Crippen molar-refractivity contribution >= 4 is 27.2 Å². The minimum atomic E-state index is -4.00. The van der Waals surface area contributed by atoms with Crippen LogP contribution in [0.15, 0.2) is 70.7 Å². The number of rotatable bonds is 7. The molecule has 0 aliphatic carbocycles. The molecule has 0 unspecified atom stereocenters. The van der Waals surface area contributed by atoms with Gasteiger partial charge in [0, 0.05) is 24.5 Å². The molecule has 1 heterocycles. The predicted molar refractivity (Wildman–Crippen MR) is 125 cm³/mol.